The van der Waals surface area contributed by atoms with Crippen LogP contribution in [0.25, 0.3) is 0 Å². The average molecular weight is 240 g/mol. The quantitative estimate of drug-likeness (QED) is 0.633. The van der Waals surface area contributed by atoms with Crippen LogP contribution < -0.4 is 0 Å². The summed E-state index contributed by atoms with van der Waals surface area (Å²) in [7, 11) is 0. The van der Waals surface area contributed by atoms with Crippen molar-refractivity contribution >= 4 is 5.69 Å². The third-order valence-electron chi connectivity index (χ3n) is 2.94. The summed E-state index contributed by atoms with van der Waals surface area (Å²) in [6.07, 6.45) is 0. The van der Waals surface area contributed by atoms with Crippen LogP contribution in [-0.2, 0) is 6.54 Å². The molecule has 1 saturated heterocycles. The Morgan fingerprint density at radius 3 is 2.82 bits per heavy atom. The first-order valence-electron chi connectivity index (χ1n) is 5.36. The summed E-state index contributed by atoms with van der Waals surface area (Å²) in [5.74, 6) is -0.512. The normalized spacial score (nSPS) is 16.8. The predicted octanol–water partition coefficient (Wildman–Crippen LogP) is 1.16. The first-order chi connectivity index (χ1) is 8.11. The highest BCUT2D eigenvalue weighted by Gasteiger charge is 2.27. The highest BCUT2D eigenvalue weighted by Crippen LogP contribution is 2.24. The van der Waals surface area contributed by atoms with Crippen LogP contribution in [0.3, 0.4) is 0 Å². The summed E-state index contributed by atoms with van der Waals surface area (Å²) >= 11 is 0. The number of likely N-dealkylation sites (tertiary alicyclic amines) is 1. The number of nitro groups is 1. The topological polar surface area (TPSA) is 66.6 Å². The van der Waals surface area contributed by atoms with E-state index in [4.69, 9.17) is 5.11 Å². The lowest BCUT2D eigenvalue weighted by Crippen LogP contribution is -2.47. The Hall–Kier alpha value is -1.53. The van der Waals surface area contributed by atoms with Crippen LogP contribution in [0.15, 0.2) is 18.2 Å². The van der Waals surface area contributed by atoms with Crippen molar-refractivity contribution in [2.75, 3.05) is 19.7 Å². The van der Waals surface area contributed by atoms with Gasteiger partial charge in [-0.1, -0.05) is 12.1 Å². The van der Waals surface area contributed by atoms with Crippen molar-refractivity contribution in [1.29, 1.82) is 0 Å². The fourth-order valence-corrected chi connectivity index (χ4v) is 1.99. The first-order valence-corrected chi connectivity index (χ1v) is 5.36. The Morgan fingerprint density at radius 1 is 1.53 bits per heavy atom. The van der Waals surface area contributed by atoms with Crippen LogP contribution in [0.1, 0.15) is 5.56 Å². The maximum absolute atomic E-state index is 13.7. The van der Waals surface area contributed by atoms with Crippen molar-refractivity contribution < 1.29 is 14.4 Å². The molecule has 0 spiro atoms. The van der Waals surface area contributed by atoms with E-state index in [1.165, 1.54) is 6.07 Å². The molecule has 1 aromatic carbocycles. The number of aliphatic hydroxyl groups excluding tert-OH is 1. The molecule has 0 bridgehead atoms. The second-order valence-corrected chi connectivity index (χ2v) is 4.25. The fraction of sp³-hybridized carbons (Fsp3) is 0.455. The number of nitro benzene ring substituents is 1. The molecule has 0 radical (unpaired) electrons. The van der Waals surface area contributed by atoms with E-state index in [1.54, 1.807) is 6.07 Å². The molecule has 1 fully saturated rings. The highest BCUT2D eigenvalue weighted by atomic mass is 19.1. The number of nitrogens with zero attached hydrogens (tertiary/aromatic N) is 2. The second-order valence-electron chi connectivity index (χ2n) is 4.25. The van der Waals surface area contributed by atoms with Crippen molar-refractivity contribution in [2.45, 2.75) is 6.54 Å². The van der Waals surface area contributed by atoms with E-state index >= 15 is 0 Å². The number of hydrogen-bond acceptors (Lipinski definition) is 4. The minimum atomic E-state index is -0.759. The largest absolute Gasteiger partial charge is 0.396 e. The summed E-state index contributed by atoms with van der Waals surface area (Å²) in [5.41, 5.74) is -0.155. The van der Waals surface area contributed by atoms with Gasteiger partial charge in [-0.2, -0.15) is 4.39 Å². The molecule has 0 saturated carbocycles. The molecule has 1 N–H and O–H groups in total. The van der Waals surface area contributed by atoms with Gasteiger partial charge in [0.25, 0.3) is 0 Å². The SMILES string of the molecule is O=[N+]([O-])c1cccc(CN2CC(CO)C2)c1F. The van der Waals surface area contributed by atoms with Crippen LogP contribution in [0, 0.1) is 21.8 Å². The van der Waals surface area contributed by atoms with Gasteiger partial charge in [0, 0.05) is 43.8 Å². The van der Waals surface area contributed by atoms with Crippen molar-refractivity contribution in [3.05, 3.63) is 39.7 Å². The molecule has 0 amide bonds. The van der Waals surface area contributed by atoms with E-state index in [9.17, 15) is 14.5 Å². The number of aliphatic hydroxyl groups is 1. The lowest BCUT2D eigenvalue weighted by atomic mass is 10.0. The molecule has 0 unspecified atom stereocenters. The predicted molar refractivity (Wildman–Crippen MR) is 58.9 cm³/mol. The van der Waals surface area contributed by atoms with Gasteiger partial charge in [-0.3, -0.25) is 15.0 Å². The van der Waals surface area contributed by atoms with Crippen molar-refractivity contribution in [2.24, 2.45) is 5.92 Å². The molecule has 92 valence electrons. The summed E-state index contributed by atoms with van der Waals surface area (Å²) in [6, 6.07) is 4.19. The number of halogens is 1. The third-order valence-corrected chi connectivity index (χ3v) is 2.94. The minimum Gasteiger partial charge on any atom is -0.396 e. The fourth-order valence-electron chi connectivity index (χ4n) is 1.99. The van der Waals surface area contributed by atoms with E-state index in [-0.39, 0.29) is 12.5 Å². The average Bonchev–Trinajstić information content (AvgIpc) is 2.24. The van der Waals surface area contributed by atoms with Gasteiger partial charge in [0.2, 0.25) is 5.82 Å². The van der Waals surface area contributed by atoms with E-state index in [1.807, 2.05) is 4.90 Å². The summed E-state index contributed by atoms with van der Waals surface area (Å²) < 4.78 is 13.7. The van der Waals surface area contributed by atoms with Gasteiger partial charge in [-0.05, 0) is 0 Å². The van der Waals surface area contributed by atoms with E-state index in [0.717, 1.165) is 6.07 Å². The molecule has 1 aromatic rings. The van der Waals surface area contributed by atoms with Crippen molar-refractivity contribution in [3.63, 3.8) is 0 Å². The maximum Gasteiger partial charge on any atom is 0.305 e. The summed E-state index contributed by atoms with van der Waals surface area (Å²) in [4.78, 5) is 11.8. The van der Waals surface area contributed by atoms with Gasteiger partial charge >= 0.3 is 5.69 Å². The Kier molecular flexibility index (Phi) is 3.35. The molecule has 5 nitrogen and oxygen atoms in total. The lowest BCUT2D eigenvalue weighted by molar-refractivity contribution is -0.387. The number of benzene rings is 1. The third kappa shape index (κ3) is 2.42. The molecule has 1 aliphatic heterocycles. The van der Waals surface area contributed by atoms with Gasteiger partial charge in [-0.15, -0.1) is 0 Å². The molecular formula is C11H13FN2O3. The van der Waals surface area contributed by atoms with Crippen LogP contribution >= 0.6 is 0 Å². The summed E-state index contributed by atoms with van der Waals surface area (Å²) in [6.45, 7) is 1.90. The van der Waals surface area contributed by atoms with Gasteiger partial charge in [0.15, 0.2) is 0 Å². The van der Waals surface area contributed by atoms with Crippen molar-refractivity contribution in [1.82, 2.24) is 4.90 Å². The molecule has 1 heterocycles. The van der Waals surface area contributed by atoms with Gasteiger partial charge < -0.3 is 5.11 Å². The zero-order valence-corrected chi connectivity index (χ0v) is 9.17. The zero-order chi connectivity index (χ0) is 12.4. The van der Waals surface area contributed by atoms with Crippen LogP contribution in [0.2, 0.25) is 0 Å². The maximum atomic E-state index is 13.7. The van der Waals surface area contributed by atoms with Gasteiger partial charge in [0.1, 0.15) is 0 Å². The summed E-state index contributed by atoms with van der Waals surface area (Å²) in [5, 5.41) is 19.4. The van der Waals surface area contributed by atoms with E-state index < -0.39 is 16.4 Å². The zero-order valence-electron chi connectivity index (χ0n) is 9.17. The molecule has 0 aliphatic carbocycles. The standard InChI is InChI=1S/C11H13FN2O3/c12-11-9(2-1-3-10(11)14(16)17)6-13-4-8(5-13)7-15/h1-3,8,15H,4-7H2. The van der Waals surface area contributed by atoms with Crippen molar-refractivity contribution in [3.8, 4) is 0 Å². The minimum absolute atomic E-state index is 0.133. The molecule has 6 heteroatoms. The smallest absolute Gasteiger partial charge is 0.305 e. The Balaban J connectivity index is 2.07. The van der Waals surface area contributed by atoms with Crippen LogP contribution in [0.4, 0.5) is 10.1 Å². The number of hydrogen-bond donors (Lipinski definition) is 1. The molecule has 0 aromatic heterocycles. The molecule has 2 rings (SSSR count). The molecule has 17 heavy (non-hydrogen) atoms. The lowest BCUT2D eigenvalue weighted by Gasteiger charge is -2.38. The molecule has 0 atom stereocenters. The van der Waals surface area contributed by atoms with E-state index in [2.05, 4.69) is 0 Å². The Labute approximate surface area is 97.6 Å². The van der Waals surface area contributed by atoms with Gasteiger partial charge in [0.05, 0.1) is 4.92 Å². The van der Waals surface area contributed by atoms with Gasteiger partial charge in [-0.25, -0.2) is 0 Å². The Morgan fingerprint density at radius 2 is 2.24 bits per heavy atom. The van der Waals surface area contributed by atoms with E-state index in [0.29, 0.717) is 25.2 Å². The Bertz CT molecular complexity index is 433. The van der Waals surface area contributed by atoms with Crippen LogP contribution in [0.5, 0.6) is 0 Å². The number of rotatable bonds is 4. The monoisotopic (exact) mass is 240 g/mol. The highest BCUT2D eigenvalue weighted by molar-refractivity contribution is 5.36. The molecule has 1 aliphatic rings. The first kappa shape index (κ1) is 11.9. The van der Waals surface area contributed by atoms with Crippen LogP contribution in [-0.4, -0.2) is 34.6 Å². The second kappa shape index (κ2) is 4.77. The molecular weight excluding hydrogens is 227 g/mol.